The van der Waals surface area contributed by atoms with E-state index in [0.717, 1.165) is 31.8 Å². The molecule has 4 rings (SSSR count). The van der Waals surface area contributed by atoms with Gasteiger partial charge in [0.1, 0.15) is 0 Å². The van der Waals surface area contributed by atoms with Gasteiger partial charge in [-0.05, 0) is 12.5 Å². The van der Waals surface area contributed by atoms with E-state index in [-0.39, 0.29) is 12.0 Å². The van der Waals surface area contributed by atoms with Gasteiger partial charge in [-0.3, -0.25) is 4.79 Å². The van der Waals surface area contributed by atoms with E-state index in [4.69, 9.17) is 4.74 Å². The number of benzene rings is 1. The topological polar surface area (TPSA) is 41.6 Å². The van der Waals surface area contributed by atoms with Crippen molar-refractivity contribution < 1.29 is 9.53 Å². The number of carbonyl (C=O) groups is 1. The number of nitrogens with zero attached hydrogens (tertiary/aromatic N) is 1. The lowest BCUT2D eigenvalue weighted by Gasteiger charge is -2.37. The quantitative estimate of drug-likeness (QED) is 0.758. The zero-order valence-electron chi connectivity index (χ0n) is 10.2. The van der Waals surface area contributed by atoms with Crippen LogP contribution >= 0.6 is 0 Å². The van der Waals surface area contributed by atoms with Crippen LogP contribution in [0.5, 0.6) is 0 Å². The second-order valence-corrected chi connectivity index (χ2v) is 5.33. The average molecular weight is 244 g/mol. The zero-order chi connectivity index (χ0) is 12.1. The van der Waals surface area contributed by atoms with Crippen LogP contribution in [0.2, 0.25) is 0 Å². The van der Waals surface area contributed by atoms with Gasteiger partial charge in [0.2, 0.25) is 5.91 Å². The highest BCUT2D eigenvalue weighted by atomic mass is 16.5. The minimum atomic E-state index is 0.115. The van der Waals surface area contributed by atoms with Crippen molar-refractivity contribution in [2.24, 2.45) is 5.92 Å². The lowest BCUT2D eigenvalue weighted by Crippen LogP contribution is -2.36. The Hall–Kier alpha value is -1.55. The fourth-order valence-corrected chi connectivity index (χ4v) is 3.44. The molecule has 3 aliphatic rings. The third kappa shape index (κ3) is 1.38. The minimum absolute atomic E-state index is 0.115. The highest BCUT2D eigenvalue weighted by Gasteiger charge is 2.39. The Morgan fingerprint density at radius 1 is 1.39 bits per heavy atom. The summed E-state index contributed by atoms with van der Waals surface area (Å²) in [6.45, 7) is 2.70. The van der Waals surface area contributed by atoms with Crippen molar-refractivity contribution in [2.45, 2.75) is 18.9 Å². The second kappa shape index (κ2) is 3.72. The molecule has 0 bridgehead atoms. The smallest absolute Gasteiger partial charge is 0.226 e. The molecule has 0 aliphatic carbocycles. The van der Waals surface area contributed by atoms with Crippen molar-refractivity contribution in [2.75, 3.05) is 29.9 Å². The Bertz CT molecular complexity index is 515. The number of ether oxygens (including phenoxy) is 1. The standard InChI is InChI=1S/C14H16N2O2/c17-12-4-6-16-8-9-5-7-18-14(9)10-2-1-3-11(15-12)13(10)16/h1-3,9,14H,4-8H2,(H,15,17)/t9-,14-/m0/s1. The maximum atomic E-state index is 11.7. The molecule has 94 valence electrons. The van der Waals surface area contributed by atoms with Crippen molar-refractivity contribution in [1.29, 1.82) is 0 Å². The van der Waals surface area contributed by atoms with Crippen LogP contribution in [-0.4, -0.2) is 25.6 Å². The molecule has 0 spiro atoms. The van der Waals surface area contributed by atoms with Crippen LogP contribution in [-0.2, 0) is 9.53 Å². The summed E-state index contributed by atoms with van der Waals surface area (Å²) in [5.41, 5.74) is 3.39. The first-order chi connectivity index (χ1) is 8.83. The van der Waals surface area contributed by atoms with Gasteiger partial charge in [-0.2, -0.15) is 0 Å². The number of para-hydroxylation sites is 1. The number of hydrogen-bond acceptors (Lipinski definition) is 3. The molecule has 0 saturated carbocycles. The fraction of sp³-hybridized carbons (Fsp3) is 0.500. The molecule has 1 aromatic rings. The molecule has 1 saturated heterocycles. The van der Waals surface area contributed by atoms with Gasteiger partial charge in [-0.15, -0.1) is 0 Å². The van der Waals surface area contributed by atoms with Gasteiger partial charge in [0.15, 0.2) is 0 Å². The molecule has 1 fully saturated rings. The van der Waals surface area contributed by atoms with Gasteiger partial charge in [-0.1, -0.05) is 12.1 Å². The molecule has 1 N–H and O–H groups in total. The lowest BCUT2D eigenvalue weighted by molar-refractivity contribution is -0.115. The first-order valence-electron chi connectivity index (χ1n) is 6.62. The Morgan fingerprint density at radius 3 is 3.28 bits per heavy atom. The molecular formula is C14H16N2O2. The molecule has 3 heterocycles. The molecule has 0 aromatic heterocycles. The third-order valence-corrected chi connectivity index (χ3v) is 4.24. The molecule has 0 radical (unpaired) electrons. The van der Waals surface area contributed by atoms with Crippen LogP contribution < -0.4 is 10.2 Å². The molecule has 1 aromatic carbocycles. The number of hydrogen-bond donors (Lipinski definition) is 1. The van der Waals surface area contributed by atoms with Crippen LogP contribution in [0.1, 0.15) is 24.5 Å². The summed E-state index contributed by atoms with van der Waals surface area (Å²) >= 11 is 0. The van der Waals surface area contributed by atoms with Gasteiger partial charge in [0.25, 0.3) is 0 Å². The monoisotopic (exact) mass is 244 g/mol. The summed E-state index contributed by atoms with van der Waals surface area (Å²) in [5, 5.41) is 3.01. The molecule has 4 nitrogen and oxygen atoms in total. The van der Waals surface area contributed by atoms with Crippen LogP contribution in [0.3, 0.4) is 0 Å². The van der Waals surface area contributed by atoms with Crippen LogP contribution in [0.25, 0.3) is 0 Å². The Labute approximate surface area is 106 Å². The number of nitrogens with one attached hydrogen (secondary N) is 1. The van der Waals surface area contributed by atoms with Crippen molar-refractivity contribution in [3.8, 4) is 0 Å². The van der Waals surface area contributed by atoms with Gasteiger partial charge >= 0.3 is 0 Å². The van der Waals surface area contributed by atoms with E-state index in [1.807, 2.05) is 12.1 Å². The number of fused-ring (bicyclic) bond motifs is 2. The largest absolute Gasteiger partial charge is 0.373 e. The molecule has 2 atom stereocenters. The second-order valence-electron chi connectivity index (χ2n) is 5.33. The lowest BCUT2D eigenvalue weighted by atomic mass is 9.88. The van der Waals surface area contributed by atoms with Gasteiger partial charge < -0.3 is 15.0 Å². The average Bonchev–Trinajstić information content (AvgIpc) is 2.78. The summed E-state index contributed by atoms with van der Waals surface area (Å²) in [7, 11) is 0. The SMILES string of the molecule is O=C1CCN2C[C@@H]3CCO[C@@H]3c3cccc(c32)N1. The van der Waals surface area contributed by atoms with Crippen molar-refractivity contribution in [3.05, 3.63) is 23.8 Å². The molecule has 18 heavy (non-hydrogen) atoms. The van der Waals surface area contributed by atoms with E-state index in [2.05, 4.69) is 16.3 Å². The molecule has 0 unspecified atom stereocenters. The van der Waals surface area contributed by atoms with Crippen molar-refractivity contribution in [1.82, 2.24) is 0 Å². The molecular weight excluding hydrogens is 228 g/mol. The molecule has 4 heteroatoms. The van der Waals surface area contributed by atoms with E-state index < -0.39 is 0 Å². The maximum Gasteiger partial charge on any atom is 0.226 e. The number of carbonyl (C=O) groups excluding carboxylic acids is 1. The summed E-state index contributed by atoms with van der Waals surface area (Å²) in [5.74, 6) is 0.699. The van der Waals surface area contributed by atoms with Crippen molar-refractivity contribution in [3.63, 3.8) is 0 Å². The fourth-order valence-electron chi connectivity index (χ4n) is 3.44. The van der Waals surface area contributed by atoms with E-state index in [9.17, 15) is 4.79 Å². The van der Waals surface area contributed by atoms with Crippen LogP contribution in [0.15, 0.2) is 18.2 Å². The Balaban J connectivity index is 1.88. The number of rotatable bonds is 0. The predicted octanol–water partition coefficient (Wildman–Crippen LogP) is 1.93. The summed E-state index contributed by atoms with van der Waals surface area (Å²) in [6, 6.07) is 6.15. The third-order valence-electron chi connectivity index (χ3n) is 4.24. The highest BCUT2D eigenvalue weighted by Crippen LogP contribution is 2.47. The maximum absolute atomic E-state index is 11.7. The van der Waals surface area contributed by atoms with Gasteiger partial charge in [0.05, 0.1) is 17.5 Å². The first kappa shape index (κ1) is 10.4. The van der Waals surface area contributed by atoms with E-state index in [1.54, 1.807) is 0 Å². The highest BCUT2D eigenvalue weighted by molar-refractivity contribution is 5.97. The molecule has 3 aliphatic heterocycles. The minimum Gasteiger partial charge on any atom is -0.373 e. The molecule has 1 amide bonds. The van der Waals surface area contributed by atoms with E-state index in [1.165, 1.54) is 11.3 Å². The zero-order valence-corrected chi connectivity index (χ0v) is 10.2. The number of anilines is 2. The van der Waals surface area contributed by atoms with E-state index in [0.29, 0.717) is 12.3 Å². The van der Waals surface area contributed by atoms with Gasteiger partial charge in [0, 0.05) is 37.6 Å². The van der Waals surface area contributed by atoms with E-state index >= 15 is 0 Å². The van der Waals surface area contributed by atoms with Crippen LogP contribution in [0, 0.1) is 5.92 Å². The Kier molecular flexibility index (Phi) is 2.14. The van der Waals surface area contributed by atoms with Crippen LogP contribution in [0.4, 0.5) is 11.4 Å². The first-order valence-corrected chi connectivity index (χ1v) is 6.62. The normalized spacial score (nSPS) is 29.3. The summed E-state index contributed by atoms with van der Waals surface area (Å²) < 4.78 is 5.88. The summed E-state index contributed by atoms with van der Waals surface area (Å²) in [6.07, 6.45) is 1.93. The van der Waals surface area contributed by atoms with Gasteiger partial charge in [-0.25, -0.2) is 0 Å². The Morgan fingerprint density at radius 2 is 2.33 bits per heavy atom. The predicted molar refractivity (Wildman–Crippen MR) is 68.7 cm³/mol. The summed E-state index contributed by atoms with van der Waals surface area (Å²) in [4.78, 5) is 14.1. The number of amides is 1. The van der Waals surface area contributed by atoms with Crippen molar-refractivity contribution >= 4 is 17.3 Å².